The number of rotatable bonds is 6. The van der Waals surface area contributed by atoms with Crippen LogP contribution in [0.25, 0.3) is 10.9 Å². The van der Waals surface area contributed by atoms with Gasteiger partial charge < -0.3 is 20.4 Å². The standard InChI is InChI=1S/C26H33N3O/c1-17-7-9-19(10-8-17)22-13-24-25(20-5-3-4-6-23(20)29(24)2)21(26(22)27)11-12-28-14-18-15-30-16-18/h3-10,18,21-22,26,28H,11-16,27H2,1-2H3/t21-,22-,26+/m1/s1. The van der Waals surface area contributed by atoms with Gasteiger partial charge in [-0.1, -0.05) is 48.0 Å². The number of nitrogens with one attached hydrogen (secondary N) is 1. The first-order valence-corrected chi connectivity index (χ1v) is 11.3. The SMILES string of the molecule is Cc1ccc([C@H]2Cc3c(c4ccccc4n3C)[C@@H](CCNCC3COC3)[C@@H]2N)cc1. The minimum absolute atomic E-state index is 0.125. The van der Waals surface area contributed by atoms with Gasteiger partial charge in [-0.25, -0.2) is 0 Å². The zero-order valence-corrected chi connectivity index (χ0v) is 18.1. The Morgan fingerprint density at radius 3 is 2.60 bits per heavy atom. The molecule has 4 nitrogen and oxygen atoms in total. The molecule has 1 fully saturated rings. The number of nitrogens with two attached hydrogens (primary N) is 1. The number of aryl methyl sites for hydroxylation is 2. The molecule has 0 unspecified atom stereocenters. The second kappa shape index (κ2) is 8.18. The topological polar surface area (TPSA) is 52.2 Å². The molecule has 4 heteroatoms. The number of nitrogens with zero attached hydrogens (tertiary/aromatic N) is 1. The average molecular weight is 404 g/mol. The Morgan fingerprint density at radius 1 is 1.10 bits per heavy atom. The van der Waals surface area contributed by atoms with E-state index in [0.29, 0.717) is 17.8 Å². The van der Waals surface area contributed by atoms with Crippen molar-refractivity contribution in [1.29, 1.82) is 0 Å². The summed E-state index contributed by atoms with van der Waals surface area (Å²) >= 11 is 0. The largest absolute Gasteiger partial charge is 0.381 e. The minimum atomic E-state index is 0.125. The van der Waals surface area contributed by atoms with Gasteiger partial charge in [-0.2, -0.15) is 0 Å². The molecule has 1 aliphatic heterocycles. The van der Waals surface area contributed by atoms with Gasteiger partial charge in [-0.05, 0) is 43.5 Å². The highest BCUT2D eigenvalue weighted by molar-refractivity contribution is 5.86. The lowest BCUT2D eigenvalue weighted by molar-refractivity contribution is -0.0306. The van der Waals surface area contributed by atoms with E-state index in [-0.39, 0.29) is 6.04 Å². The van der Waals surface area contributed by atoms with Gasteiger partial charge in [-0.15, -0.1) is 0 Å². The summed E-state index contributed by atoms with van der Waals surface area (Å²) in [6.07, 6.45) is 2.08. The lowest BCUT2D eigenvalue weighted by Crippen LogP contribution is -2.42. The molecule has 2 aliphatic rings. The van der Waals surface area contributed by atoms with Crippen LogP contribution in [0.1, 0.15) is 40.6 Å². The molecule has 30 heavy (non-hydrogen) atoms. The average Bonchev–Trinajstić information content (AvgIpc) is 3.00. The molecule has 0 saturated carbocycles. The Labute approximate surface area is 179 Å². The summed E-state index contributed by atoms with van der Waals surface area (Å²) in [7, 11) is 2.22. The fourth-order valence-electron chi connectivity index (χ4n) is 5.41. The van der Waals surface area contributed by atoms with Crippen molar-refractivity contribution in [1.82, 2.24) is 9.88 Å². The summed E-state index contributed by atoms with van der Waals surface area (Å²) in [6.45, 7) is 6.00. The van der Waals surface area contributed by atoms with E-state index in [9.17, 15) is 0 Å². The number of hydrogen-bond acceptors (Lipinski definition) is 3. The highest BCUT2D eigenvalue weighted by atomic mass is 16.5. The van der Waals surface area contributed by atoms with Crippen molar-refractivity contribution in [3.05, 3.63) is 70.9 Å². The summed E-state index contributed by atoms with van der Waals surface area (Å²) in [5.74, 6) is 1.39. The fourth-order valence-corrected chi connectivity index (χ4v) is 5.41. The maximum atomic E-state index is 7.03. The minimum Gasteiger partial charge on any atom is -0.381 e. The number of benzene rings is 2. The summed E-state index contributed by atoms with van der Waals surface area (Å²) in [6, 6.07) is 17.9. The molecule has 1 aromatic heterocycles. The van der Waals surface area contributed by atoms with Gasteiger partial charge in [0.25, 0.3) is 0 Å². The van der Waals surface area contributed by atoms with Crippen LogP contribution in [-0.2, 0) is 18.2 Å². The Balaban J connectivity index is 1.47. The van der Waals surface area contributed by atoms with Crippen molar-refractivity contribution >= 4 is 10.9 Å². The quantitative estimate of drug-likeness (QED) is 0.615. The van der Waals surface area contributed by atoms with Crippen molar-refractivity contribution in [2.24, 2.45) is 18.7 Å². The van der Waals surface area contributed by atoms with Crippen LogP contribution < -0.4 is 11.1 Å². The smallest absolute Gasteiger partial charge is 0.0528 e. The molecule has 0 amide bonds. The third kappa shape index (κ3) is 3.47. The van der Waals surface area contributed by atoms with Crippen molar-refractivity contribution in [2.75, 3.05) is 26.3 Å². The predicted octanol–water partition coefficient (Wildman–Crippen LogP) is 3.86. The van der Waals surface area contributed by atoms with Gasteiger partial charge in [0.1, 0.15) is 0 Å². The molecule has 3 atom stereocenters. The molecule has 5 rings (SSSR count). The van der Waals surface area contributed by atoms with Crippen molar-refractivity contribution in [2.45, 2.75) is 37.6 Å². The van der Waals surface area contributed by atoms with Gasteiger partial charge in [-0.3, -0.25) is 0 Å². The highest BCUT2D eigenvalue weighted by Crippen LogP contribution is 2.45. The van der Waals surface area contributed by atoms with E-state index in [2.05, 4.69) is 72.4 Å². The Hall–Kier alpha value is -2.14. The molecule has 2 aromatic carbocycles. The van der Waals surface area contributed by atoms with Crippen molar-refractivity contribution in [3.63, 3.8) is 0 Å². The molecule has 2 heterocycles. The Kier molecular flexibility index (Phi) is 5.40. The molecule has 3 N–H and O–H groups in total. The van der Waals surface area contributed by atoms with Crippen LogP contribution in [0, 0.1) is 12.8 Å². The first-order valence-electron chi connectivity index (χ1n) is 11.3. The first kappa shape index (κ1) is 19.8. The normalized spacial score (nSPS) is 24.0. The summed E-state index contributed by atoms with van der Waals surface area (Å²) < 4.78 is 7.71. The van der Waals surface area contributed by atoms with E-state index in [1.807, 2.05) is 0 Å². The van der Waals surface area contributed by atoms with Gasteiger partial charge in [0, 0.05) is 54.0 Å². The van der Waals surface area contributed by atoms with Crippen LogP contribution in [-0.4, -0.2) is 36.9 Å². The molecular weight excluding hydrogens is 370 g/mol. The number of aromatic nitrogens is 1. The summed E-state index contributed by atoms with van der Waals surface area (Å²) in [5.41, 5.74) is 14.0. The van der Waals surface area contributed by atoms with Crippen LogP contribution in [0.15, 0.2) is 48.5 Å². The second-order valence-electron chi connectivity index (χ2n) is 9.24. The highest BCUT2D eigenvalue weighted by Gasteiger charge is 2.38. The third-order valence-electron chi connectivity index (χ3n) is 7.26. The Bertz CT molecular complexity index is 1020. The zero-order chi connectivity index (χ0) is 20.7. The van der Waals surface area contributed by atoms with E-state index in [1.165, 1.54) is 33.3 Å². The Morgan fingerprint density at radius 2 is 1.87 bits per heavy atom. The van der Waals surface area contributed by atoms with Crippen molar-refractivity contribution < 1.29 is 4.74 Å². The number of fused-ring (bicyclic) bond motifs is 3. The molecule has 1 saturated heterocycles. The van der Waals surface area contributed by atoms with E-state index < -0.39 is 0 Å². The van der Waals surface area contributed by atoms with Crippen LogP contribution >= 0.6 is 0 Å². The molecule has 0 radical (unpaired) electrons. The number of para-hydroxylation sites is 1. The lowest BCUT2D eigenvalue weighted by atomic mass is 9.71. The monoisotopic (exact) mass is 403 g/mol. The molecule has 1 aliphatic carbocycles. The van der Waals surface area contributed by atoms with Gasteiger partial charge in [0.15, 0.2) is 0 Å². The fraction of sp³-hybridized carbons (Fsp3) is 0.462. The summed E-state index contributed by atoms with van der Waals surface area (Å²) in [4.78, 5) is 0. The molecule has 3 aromatic rings. The maximum Gasteiger partial charge on any atom is 0.0528 e. The molecule has 158 valence electrons. The third-order valence-corrected chi connectivity index (χ3v) is 7.26. The van der Waals surface area contributed by atoms with Gasteiger partial charge in [0.2, 0.25) is 0 Å². The van der Waals surface area contributed by atoms with E-state index >= 15 is 0 Å². The molecular formula is C26H33N3O. The van der Waals surface area contributed by atoms with E-state index in [1.54, 1.807) is 0 Å². The number of ether oxygens (including phenoxy) is 1. The molecule has 0 bridgehead atoms. The van der Waals surface area contributed by atoms with Gasteiger partial charge >= 0.3 is 0 Å². The van der Waals surface area contributed by atoms with Gasteiger partial charge in [0.05, 0.1) is 13.2 Å². The summed E-state index contributed by atoms with van der Waals surface area (Å²) in [5, 5.41) is 5.04. The predicted molar refractivity (Wildman–Crippen MR) is 123 cm³/mol. The van der Waals surface area contributed by atoms with Crippen LogP contribution in [0.2, 0.25) is 0 Å². The van der Waals surface area contributed by atoms with E-state index in [4.69, 9.17) is 10.5 Å². The maximum absolute atomic E-state index is 7.03. The van der Waals surface area contributed by atoms with E-state index in [0.717, 1.165) is 39.1 Å². The number of hydrogen-bond donors (Lipinski definition) is 2. The zero-order valence-electron chi connectivity index (χ0n) is 18.1. The first-order chi connectivity index (χ1) is 14.6. The molecule has 0 spiro atoms. The van der Waals surface area contributed by atoms with Crippen molar-refractivity contribution in [3.8, 4) is 0 Å². The van der Waals surface area contributed by atoms with Crippen LogP contribution in [0.4, 0.5) is 0 Å². The second-order valence-corrected chi connectivity index (χ2v) is 9.24. The van der Waals surface area contributed by atoms with Crippen LogP contribution in [0.3, 0.4) is 0 Å². The van der Waals surface area contributed by atoms with Crippen LogP contribution in [0.5, 0.6) is 0 Å². The lowest BCUT2D eigenvalue weighted by Gasteiger charge is -2.37.